The quantitative estimate of drug-likeness (QED) is 0.886. The molecule has 1 heterocycles. The summed E-state index contributed by atoms with van der Waals surface area (Å²) in [6.45, 7) is 1.68. The van der Waals surface area contributed by atoms with Crippen LogP contribution >= 0.6 is 11.3 Å². The third kappa shape index (κ3) is 3.57. The summed E-state index contributed by atoms with van der Waals surface area (Å²) < 4.78 is 5.04. The van der Waals surface area contributed by atoms with E-state index in [9.17, 15) is 9.59 Å². The van der Waals surface area contributed by atoms with E-state index in [4.69, 9.17) is 9.84 Å². The van der Waals surface area contributed by atoms with Crippen LogP contribution in [0.2, 0.25) is 0 Å². The first-order valence-electron chi connectivity index (χ1n) is 6.15. The number of rotatable bonds is 5. The Bertz CT molecular complexity index is 651. The topological polar surface area (TPSA) is 88.5 Å². The number of thiazole rings is 1. The van der Waals surface area contributed by atoms with Gasteiger partial charge in [0.25, 0.3) is 0 Å². The van der Waals surface area contributed by atoms with Crippen molar-refractivity contribution in [3.8, 4) is 5.75 Å². The summed E-state index contributed by atoms with van der Waals surface area (Å²) >= 11 is 1.16. The molecule has 7 heteroatoms. The van der Waals surface area contributed by atoms with E-state index >= 15 is 0 Å². The van der Waals surface area contributed by atoms with E-state index in [-0.39, 0.29) is 11.6 Å². The Balaban J connectivity index is 2.05. The Morgan fingerprint density at radius 1 is 1.33 bits per heavy atom. The molecule has 0 radical (unpaired) electrons. The highest BCUT2D eigenvalue weighted by atomic mass is 32.1. The first-order chi connectivity index (χ1) is 10.0. The van der Waals surface area contributed by atoms with Gasteiger partial charge in [-0.1, -0.05) is 0 Å². The van der Waals surface area contributed by atoms with Crippen LogP contribution in [0.3, 0.4) is 0 Å². The van der Waals surface area contributed by atoms with Gasteiger partial charge in [-0.25, -0.2) is 9.78 Å². The lowest BCUT2D eigenvalue weighted by Gasteiger charge is -2.10. The molecule has 2 rings (SSSR count). The van der Waals surface area contributed by atoms with Crippen molar-refractivity contribution in [1.82, 2.24) is 4.98 Å². The van der Waals surface area contributed by atoms with Crippen LogP contribution in [0.4, 0.5) is 5.69 Å². The van der Waals surface area contributed by atoms with Gasteiger partial charge in [-0.2, -0.15) is 0 Å². The average molecular weight is 306 g/mol. The zero-order valence-corrected chi connectivity index (χ0v) is 12.3. The first-order valence-corrected chi connectivity index (χ1v) is 7.03. The van der Waals surface area contributed by atoms with Crippen molar-refractivity contribution in [3.63, 3.8) is 0 Å². The molecule has 21 heavy (non-hydrogen) atoms. The fourth-order valence-electron chi connectivity index (χ4n) is 1.62. The monoisotopic (exact) mass is 306 g/mol. The van der Waals surface area contributed by atoms with Gasteiger partial charge in [-0.05, 0) is 31.2 Å². The van der Waals surface area contributed by atoms with Gasteiger partial charge >= 0.3 is 5.97 Å². The van der Waals surface area contributed by atoms with Gasteiger partial charge < -0.3 is 15.2 Å². The molecule has 2 aromatic rings. The van der Waals surface area contributed by atoms with Gasteiger partial charge in [0.05, 0.1) is 13.0 Å². The summed E-state index contributed by atoms with van der Waals surface area (Å²) in [6.07, 6.45) is 0. The Labute approximate surface area is 125 Å². The van der Waals surface area contributed by atoms with Crippen LogP contribution in [-0.4, -0.2) is 29.1 Å². The lowest BCUT2D eigenvalue weighted by atomic mass is 10.1. The normalized spacial score (nSPS) is 11.7. The lowest BCUT2D eigenvalue weighted by Crippen LogP contribution is -2.18. The molecule has 1 aromatic heterocycles. The fourth-order valence-corrected chi connectivity index (χ4v) is 2.47. The molecular formula is C14H14N2O4S. The number of hydrogen-bond acceptors (Lipinski definition) is 5. The number of carbonyl (C=O) groups excluding carboxylic acids is 1. The van der Waals surface area contributed by atoms with Crippen molar-refractivity contribution < 1.29 is 19.4 Å². The fraction of sp³-hybridized carbons (Fsp3) is 0.214. The molecule has 0 saturated carbocycles. The van der Waals surface area contributed by atoms with Crippen molar-refractivity contribution in [1.29, 1.82) is 0 Å². The van der Waals surface area contributed by atoms with E-state index in [0.29, 0.717) is 16.4 Å². The molecule has 0 aliphatic heterocycles. The first kappa shape index (κ1) is 15.0. The predicted molar refractivity (Wildman–Crippen MR) is 79.1 cm³/mol. The summed E-state index contributed by atoms with van der Waals surface area (Å²) in [4.78, 5) is 26.9. The molecule has 0 spiro atoms. The zero-order valence-electron chi connectivity index (χ0n) is 11.5. The van der Waals surface area contributed by atoms with E-state index in [1.54, 1.807) is 38.3 Å². The average Bonchev–Trinajstić information content (AvgIpc) is 2.97. The minimum Gasteiger partial charge on any atom is -0.497 e. The van der Waals surface area contributed by atoms with Crippen LogP contribution in [0.5, 0.6) is 5.75 Å². The SMILES string of the molecule is COc1ccc(NC(=O)C(C)c2nc(C(=O)O)cs2)cc1. The highest BCUT2D eigenvalue weighted by Gasteiger charge is 2.20. The van der Waals surface area contributed by atoms with Gasteiger partial charge in [0.1, 0.15) is 10.8 Å². The number of aromatic nitrogens is 1. The van der Waals surface area contributed by atoms with Gasteiger partial charge in [-0.15, -0.1) is 11.3 Å². The number of nitrogens with one attached hydrogen (secondary N) is 1. The Kier molecular flexibility index (Phi) is 4.54. The smallest absolute Gasteiger partial charge is 0.355 e. The van der Waals surface area contributed by atoms with Gasteiger partial charge in [-0.3, -0.25) is 4.79 Å². The number of carboxylic acids is 1. The largest absolute Gasteiger partial charge is 0.497 e. The van der Waals surface area contributed by atoms with Crippen molar-refractivity contribution in [2.24, 2.45) is 0 Å². The Morgan fingerprint density at radius 3 is 2.52 bits per heavy atom. The van der Waals surface area contributed by atoms with Crippen LogP contribution in [0.25, 0.3) is 0 Å². The molecule has 0 aliphatic rings. The number of ether oxygens (including phenoxy) is 1. The number of anilines is 1. The number of methoxy groups -OCH3 is 1. The highest BCUT2D eigenvalue weighted by Crippen LogP contribution is 2.22. The molecule has 0 bridgehead atoms. The molecule has 0 aliphatic carbocycles. The molecule has 1 atom stereocenters. The number of amides is 1. The summed E-state index contributed by atoms with van der Waals surface area (Å²) in [6, 6.07) is 6.94. The van der Waals surface area contributed by atoms with E-state index in [1.165, 1.54) is 5.38 Å². The second-order valence-corrected chi connectivity index (χ2v) is 5.21. The maximum Gasteiger partial charge on any atom is 0.355 e. The van der Waals surface area contributed by atoms with Crippen LogP contribution in [-0.2, 0) is 4.79 Å². The van der Waals surface area contributed by atoms with Crippen LogP contribution in [0.15, 0.2) is 29.6 Å². The van der Waals surface area contributed by atoms with Gasteiger partial charge in [0, 0.05) is 11.1 Å². The third-order valence-electron chi connectivity index (χ3n) is 2.86. The predicted octanol–water partition coefficient (Wildman–Crippen LogP) is 2.59. The summed E-state index contributed by atoms with van der Waals surface area (Å²) in [7, 11) is 1.57. The van der Waals surface area contributed by atoms with E-state index in [0.717, 1.165) is 11.3 Å². The van der Waals surface area contributed by atoms with Crippen molar-refractivity contribution >= 4 is 28.9 Å². The maximum atomic E-state index is 12.1. The maximum absolute atomic E-state index is 12.1. The molecule has 1 unspecified atom stereocenters. The Morgan fingerprint density at radius 2 is 2.00 bits per heavy atom. The molecule has 110 valence electrons. The van der Waals surface area contributed by atoms with E-state index in [1.807, 2.05) is 0 Å². The second kappa shape index (κ2) is 6.36. The van der Waals surface area contributed by atoms with Gasteiger partial charge in [0.2, 0.25) is 5.91 Å². The minimum absolute atomic E-state index is 0.0425. The number of aromatic carboxylic acids is 1. The molecule has 1 amide bonds. The number of carboxylic acid groups (broad SMARTS) is 1. The number of nitrogens with zero attached hydrogens (tertiary/aromatic N) is 1. The summed E-state index contributed by atoms with van der Waals surface area (Å²) in [5.74, 6) is -1.16. The Hall–Kier alpha value is -2.41. The molecule has 2 N–H and O–H groups in total. The summed E-state index contributed by atoms with van der Waals surface area (Å²) in [5, 5.41) is 13.5. The van der Waals surface area contributed by atoms with Crippen LogP contribution < -0.4 is 10.1 Å². The van der Waals surface area contributed by atoms with Crippen molar-refractivity contribution in [2.75, 3.05) is 12.4 Å². The van der Waals surface area contributed by atoms with Crippen molar-refractivity contribution in [2.45, 2.75) is 12.8 Å². The number of hydrogen-bond donors (Lipinski definition) is 2. The van der Waals surface area contributed by atoms with E-state index in [2.05, 4.69) is 10.3 Å². The lowest BCUT2D eigenvalue weighted by molar-refractivity contribution is -0.117. The molecule has 6 nitrogen and oxygen atoms in total. The minimum atomic E-state index is -1.10. The number of benzene rings is 1. The summed E-state index contributed by atoms with van der Waals surface area (Å²) in [5.41, 5.74) is 0.599. The molecule has 0 fully saturated rings. The second-order valence-electron chi connectivity index (χ2n) is 4.32. The van der Waals surface area contributed by atoms with Crippen LogP contribution in [0, 0.1) is 0 Å². The third-order valence-corrected chi connectivity index (χ3v) is 3.89. The van der Waals surface area contributed by atoms with Gasteiger partial charge in [0.15, 0.2) is 5.69 Å². The zero-order chi connectivity index (χ0) is 15.4. The van der Waals surface area contributed by atoms with Crippen LogP contribution in [0.1, 0.15) is 28.3 Å². The van der Waals surface area contributed by atoms with E-state index < -0.39 is 11.9 Å². The molecular weight excluding hydrogens is 292 g/mol. The standard InChI is InChI=1S/C14H14N2O4S/c1-8(13-16-11(7-21-13)14(18)19)12(17)15-9-3-5-10(20-2)6-4-9/h3-8H,1-2H3,(H,15,17)(H,18,19). The molecule has 0 saturated heterocycles. The molecule has 1 aromatic carbocycles. The highest BCUT2D eigenvalue weighted by molar-refractivity contribution is 7.10. The number of carbonyl (C=O) groups is 2. The van der Waals surface area contributed by atoms with Crippen molar-refractivity contribution in [3.05, 3.63) is 40.3 Å².